The number of hydrogen-bond acceptors (Lipinski definition) is 4. The monoisotopic (exact) mass is 484 g/mol. The summed E-state index contributed by atoms with van der Waals surface area (Å²) >= 11 is 0. The lowest BCUT2D eigenvalue weighted by Gasteiger charge is -2.18. The van der Waals surface area contributed by atoms with Gasteiger partial charge in [0.25, 0.3) is 10.0 Å². The molecule has 0 atom stereocenters. The van der Waals surface area contributed by atoms with E-state index < -0.39 is 36.7 Å². The maximum atomic E-state index is 13.2. The Hall–Kier alpha value is -2.89. The van der Waals surface area contributed by atoms with Crippen LogP contribution in [-0.2, 0) is 32.8 Å². The number of hydrogen-bond donors (Lipinski definition) is 1. The van der Waals surface area contributed by atoms with Gasteiger partial charge in [-0.3, -0.25) is 4.72 Å². The summed E-state index contributed by atoms with van der Waals surface area (Å²) in [5.74, 6) is 0. The van der Waals surface area contributed by atoms with Crippen LogP contribution in [0.25, 0.3) is 0 Å². The fourth-order valence-electron chi connectivity index (χ4n) is 2.95. The normalized spacial score (nSPS) is 12.7. The second kappa shape index (κ2) is 8.93. The van der Waals surface area contributed by atoms with Crippen molar-refractivity contribution in [3.05, 3.63) is 90.0 Å². The van der Waals surface area contributed by atoms with Crippen molar-refractivity contribution in [3.8, 4) is 0 Å². The van der Waals surface area contributed by atoms with Crippen molar-refractivity contribution in [1.29, 1.82) is 0 Å². The quantitative estimate of drug-likeness (QED) is 0.541. The van der Waals surface area contributed by atoms with Gasteiger partial charge in [0.1, 0.15) is 0 Å². The van der Waals surface area contributed by atoms with Crippen molar-refractivity contribution in [2.24, 2.45) is 0 Å². The molecule has 6 nitrogen and oxygen atoms in total. The van der Waals surface area contributed by atoms with Crippen LogP contribution >= 0.6 is 0 Å². The van der Waals surface area contributed by atoms with E-state index in [1.807, 2.05) is 6.07 Å². The second-order valence-electron chi connectivity index (χ2n) is 6.87. The van der Waals surface area contributed by atoms with Crippen molar-refractivity contribution in [1.82, 2.24) is 4.31 Å². The number of alkyl halides is 3. The molecule has 0 amide bonds. The summed E-state index contributed by atoms with van der Waals surface area (Å²) in [5, 5.41) is 0. The molecular formula is C21H19F3N2O4S2. The number of nitrogens with zero attached hydrogens (tertiary/aromatic N) is 1. The minimum absolute atomic E-state index is 0.0772. The van der Waals surface area contributed by atoms with Gasteiger partial charge in [-0.25, -0.2) is 16.8 Å². The van der Waals surface area contributed by atoms with E-state index in [1.54, 1.807) is 24.3 Å². The maximum absolute atomic E-state index is 13.2. The van der Waals surface area contributed by atoms with Crippen molar-refractivity contribution in [2.45, 2.75) is 22.5 Å². The molecule has 3 aromatic carbocycles. The Bertz CT molecular complexity index is 1290. The van der Waals surface area contributed by atoms with Gasteiger partial charge in [0.15, 0.2) is 0 Å². The van der Waals surface area contributed by atoms with E-state index in [0.29, 0.717) is 6.07 Å². The first-order valence-electron chi connectivity index (χ1n) is 9.20. The van der Waals surface area contributed by atoms with Crippen LogP contribution in [0.1, 0.15) is 11.1 Å². The fourth-order valence-corrected chi connectivity index (χ4v) is 5.39. The molecule has 0 fully saturated rings. The zero-order valence-electron chi connectivity index (χ0n) is 16.7. The number of benzene rings is 3. The van der Waals surface area contributed by atoms with E-state index in [4.69, 9.17) is 0 Å². The molecule has 0 unspecified atom stereocenters. The molecule has 0 aliphatic heterocycles. The Balaban J connectivity index is 1.82. The third-order valence-corrected chi connectivity index (χ3v) is 7.80. The molecule has 1 N–H and O–H groups in total. The van der Waals surface area contributed by atoms with Gasteiger partial charge < -0.3 is 0 Å². The summed E-state index contributed by atoms with van der Waals surface area (Å²) in [5.41, 5.74) is -0.591. The van der Waals surface area contributed by atoms with Gasteiger partial charge in [-0.15, -0.1) is 0 Å². The van der Waals surface area contributed by atoms with Crippen molar-refractivity contribution in [3.63, 3.8) is 0 Å². The Labute approximate surface area is 184 Å². The van der Waals surface area contributed by atoms with Gasteiger partial charge >= 0.3 is 6.18 Å². The predicted molar refractivity (Wildman–Crippen MR) is 114 cm³/mol. The molecule has 32 heavy (non-hydrogen) atoms. The SMILES string of the molecule is CN(Cc1ccccc1)S(=O)(=O)c1ccc(NS(=O)(=O)c2ccccc2C(F)(F)F)cc1. The summed E-state index contributed by atoms with van der Waals surface area (Å²) in [6, 6.07) is 17.5. The lowest BCUT2D eigenvalue weighted by atomic mass is 10.2. The first-order valence-corrected chi connectivity index (χ1v) is 12.1. The van der Waals surface area contributed by atoms with Gasteiger partial charge in [-0.2, -0.15) is 17.5 Å². The van der Waals surface area contributed by atoms with E-state index in [0.717, 1.165) is 22.0 Å². The summed E-state index contributed by atoms with van der Waals surface area (Å²) in [4.78, 5) is -1.01. The van der Waals surface area contributed by atoms with Crippen LogP contribution in [0.15, 0.2) is 88.7 Å². The summed E-state index contributed by atoms with van der Waals surface area (Å²) in [6.07, 6.45) is -4.85. The predicted octanol–water partition coefficient (Wildman–Crippen LogP) is 4.33. The van der Waals surface area contributed by atoms with E-state index in [9.17, 15) is 30.0 Å². The molecular weight excluding hydrogens is 465 g/mol. The van der Waals surface area contributed by atoms with Crippen LogP contribution in [0.4, 0.5) is 18.9 Å². The Morgan fingerprint density at radius 3 is 1.97 bits per heavy atom. The van der Waals surface area contributed by atoms with Crippen LogP contribution in [0.2, 0.25) is 0 Å². The molecule has 170 valence electrons. The number of halogens is 3. The number of nitrogens with one attached hydrogen (secondary N) is 1. The first kappa shape index (κ1) is 23.8. The van der Waals surface area contributed by atoms with Gasteiger partial charge in [0.2, 0.25) is 10.0 Å². The van der Waals surface area contributed by atoms with Crippen LogP contribution in [0, 0.1) is 0 Å². The molecule has 3 rings (SSSR count). The van der Waals surface area contributed by atoms with Gasteiger partial charge in [0, 0.05) is 19.3 Å². The molecule has 0 aromatic heterocycles. The van der Waals surface area contributed by atoms with Crippen molar-refractivity contribution >= 4 is 25.7 Å². The third-order valence-electron chi connectivity index (χ3n) is 4.54. The molecule has 0 saturated carbocycles. The van der Waals surface area contributed by atoms with E-state index >= 15 is 0 Å². The Morgan fingerprint density at radius 2 is 1.38 bits per heavy atom. The first-order chi connectivity index (χ1) is 14.9. The van der Waals surface area contributed by atoms with Crippen LogP contribution < -0.4 is 4.72 Å². The molecule has 0 saturated heterocycles. The second-order valence-corrected chi connectivity index (χ2v) is 10.6. The van der Waals surface area contributed by atoms with Gasteiger partial charge in [0.05, 0.1) is 15.4 Å². The summed E-state index contributed by atoms with van der Waals surface area (Å²) in [6.45, 7) is 0.131. The highest BCUT2D eigenvalue weighted by molar-refractivity contribution is 7.92. The topological polar surface area (TPSA) is 83.6 Å². The zero-order valence-corrected chi connectivity index (χ0v) is 18.4. The average Bonchev–Trinajstić information content (AvgIpc) is 2.74. The van der Waals surface area contributed by atoms with E-state index in [-0.39, 0.29) is 17.1 Å². The highest BCUT2D eigenvalue weighted by Gasteiger charge is 2.37. The molecule has 0 aliphatic rings. The van der Waals surface area contributed by atoms with Crippen molar-refractivity contribution < 1.29 is 30.0 Å². The lowest BCUT2D eigenvalue weighted by Crippen LogP contribution is -2.26. The largest absolute Gasteiger partial charge is 0.417 e. The standard InChI is InChI=1S/C21H19F3N2O4S2/c1-26(15-16-7-3-2-4-8-16)32(29,30)18-13-11-17(12-14-18)25-31(27,28)20-10-6-5-9-19(20)21(22,23)24/h2-14,25H,15H2,1H3. The summed E-state index contributed by atoms with van der Waals surface area (Å²) in [7, 11) is -7.02. The minimum Gasteiger partial charge on any atom is -0.280 e. The molecule has 0 radical (unpaired) electrons. The van der Waals surface area contributed by atoms with Crippen molar-refractivity contribution in [2.75, 3.05) is 11.8 Å². The maximum Gasteiger partial charge on any atom is 0.417 e. The van der Waals surface area contributed by atoms with Gasteiger partial charge in [-0.05, 0) is 42.0 Å². The highest BCUT2D eigenvalue weighted by Crippen LogP contribution is 2.34. The van der Waals surface area contributed by atoms with Crippen LogP contribution in [0.5, 0.6) is 0 Å². The third kappa shape index (κ3) is 5.29. The van der Waals surface area contributed by atoms with Gasteiger partial charge in [-0.1, -0.05) is 42.5 Å². The number of anilines is 1. The summed E-state index contributed by atoms with van der Waals surface area (Å²) < 4.78 is 93.3. The number of sulfonamides is 2. The molecule has 0 spiro atoms. The van der Waals surface area contributed by atoms with Crippen LogP contribution in [-0.4, -0.2) is 28.2 Å². The van der Waals surface area contributed by atoms with E-state index in [1.165, 1.54) is 37.4 Å². The molecule has 11 heteroatoms. The smallest absolute Gasteiger partial charge is 0.280 e. The molecule has 3 aromatic rings. The zero-order chi connectivity index (χ0) is 23.6. The van der Waals surface area contributed by atoms with E-state index in [2.05, 4.69) is 4.72 Å². The van der Waals surface area contributed by atoms with Crippen LogP contribution in [0.3, 0.4) is 0 Å². The Morgan fingerprint density at radius 1 is 0.812 bits per heavy atom. The average molecular weight is 485 g/mol. The molecule has 0 aliphatic carbocycles. The highest BCUT2D eigenvalue weighted by atomic mass is 32.2. The Kier molecular flexibility index (Phi) is 6.63. The minimum atomic E-state index is -4.85. The molecule has 0 heterocycles. The molecule has 0 bridgehead atoms. The lowest BCUT2D eigenvalue weighted by molar-refractivity contribution is -0.139. The number of rotatable bonds is 7. The fraction of sp³-hybridized carbons (Fsp3) is 0.143.